The highest BCUT2D eigenvalue weighted by atomic mass is 31.2. The SMILES string of the molecule is CCCCCOC(=O)C(C)NP(=O)(O)COC(C)Cn1cnc2c(N)ncnc21. The Hall–Kier alpha value is -2.07. The van der Waals surface area contributed by atoms with Gasteiger partial charge in [0.05, 0.1) is 25.6 Å². The van der Waals surface area contributed by atoms with E-state index in [2.05, 4.69) is 20.0 Å². The number of nitrogens with one attached hydrogen (secondary N) is 1. The molecule has 0 aliphatic rings. The van der Waals surface area contributed by atoms with Crippen molar-refractivity contribution in [2.75, 3.05) is 18.7 Å². The summed E-state index contributed by atoms with van der Waals surface area (Å²) in [6.45, 7) is 5.93. The van der Waals surface area contributed by atoms with E-state index in [1.807, 2.05) is 6.92 Å². The molecule has 2 rings (SSSR count). The summed E-state index contributed by atoms with van der Waals surface area (Å²) in [4.78, 5) is 34.2. The first kappa shape index (κ1) is 23.2. The minimum absolute atomic E-state index is 0.280. The number of hydrogen-bond acceptors (Lipinski definition) is 8. The molecule has 2 aromatic rings. The molecule has 4 N–H and O–H groups in total. The van der Waals surface area contributed by atoms with Crippen LogP contribution in [0.4, 0.5) is 5.82 Å². The lowest BCUT2D eigenvalue weighted by Crippen LogP contribution is -2.34. The molecule has 3 unspecified atom stereocenters. The molecule has 0 radical (unpaired) electrons. The smallest absolute Gasteiger partial charge is 0.323 e. The molecule has 0 fully saturated rings. The molecule has 11 nitrogen and oxygen atoms in total. The molecule has 162 valence electrons. The standard InChI is InChI=1S/C17H29N6O5P/c1-4-5-6-7-27-17(24)13(3)22-29(25,26)11-28-12(2)8-23-10-21-14-15(18)19-9-20-16(14)23/h9-10,12-13H,4-8,11H2,1-3H3,(H2,18,19,20)(H2,22,25,26). The van der Waals surface area contributed by atoms with Gasteiger partial charge in [0.2, 0.25) is 0 Å². The van der Waals surface area contributed by atoms with Crippen LogP contribution in [-0.2, 0) is 25.4 Å². The lowest BCUT2D eigenvalue weighted by atomic mass is 10.3. The van der Waals surface area contributed by atoms with Gasteiger partial charge >= 0.3 is 5.97 Å². The van der Waals surface area contributed by atoms with Gasteiger partial charge in [0, 0.05) is 0 Å². The van der Waals surface area contributed by atoms with Crippen molar-refractivity contribution < 1.29 is 23.7 Å². The van der Waals surface area contributed by atoms with Crippen LogP contribution >= 0.6 is 7.52 Å². The summed E-state index contributed by atoms with van der Waals surface area (Å²) in [5.74, 6) is -0.285. The highest BCUT2D eigenvalue weighted by molar-refractivity contribution is 7.55. The van der Waals surface area contributed by atoms with Gasteiger partial charge in [-0.05, 0) is 20.3 Å². The molecule has 2 heterocycles. The highest BCUT2D eigenvalue weighted by Gasteiger charge is 2.27. The summed E-state index contributed by atoms with van der Waals surface area (Å²) in [5.41, 5.74) is 6.80. The van der Waals surface area contributed by atoms with E-state index < -0.39 is 32.0 Å². The molecule has 0 aliphatic carbocycles. The van der Waals surface area contributed by atoms with E-state index in [9.17, 15) is 14.3 Å². The minimum Gasteiger partial charge on any atom is -0.465 e. The number of nitrogen functional groups attached to an aromatic ring is 1. The van der Waals surface area contributed by atoms with Crippen LogP contribution in [0, 0.1) is 0 Å². The first-order valence-electron chi connectivity index (χ1n) is 9.52. The number of carbonyl (C=O) groups is 1. The summed E-state index contributed by atoms with van der Waals surface area (Å²) in [6, 6.07) is -0.913. The first-order valence-corrected chi connectivity index (χ1v) is 11.4. The van der Waals surface area contributed by atoms with Gasteiger partial charge in [-0.1, -0.05) is 19.8 Å². The molecule has 29 heavy (non-hydrogen) atoms. The molecule has 0 aliphatic heterocycles. The van der Waals surface area contributed by atoms with Crippen LogP contribution in [0.1, 0.15) is 40.0 Å². The van der Waals surface area contributed by atoms with Crippen molar-refractivity contribution in [3.8, 4) is 0 Å². The Labute approximate surface area is 169 Å². The first-order chi connectivity index (χ1) is 13.7. The molecular weight excluding hydrogens is 399 g/mol. The van der Waals surface area contributed by atoms with E-state index in [4.69, 9.17) is 15.2 Å². The Bertz CT molecular complexity index is 860. The molecule has 0 saturated heterocycles. The zero-order valence-electron chi connectivity index (χ0n) is 16.9. The number of esters is 1. The molecule has 0 spiro atoms. The van der Waals surface area contributed by atoms with Crippen molar-refractivity contribution in [1.82, 2.24) is 24.6 Å². The van der Waals surface area contributed by atoms with Gasteiger partial charge in [0.15, 0.2) is 11.5 Å². The molecule has 3 atom stereocenters. The van der Waals surface area contributed by atoms with Crippen molar-refractivity contribution in [2.24, 2.45) is 0 Å². The van der Waals surface area contributed by atoms with Gasteiger partial charge in [0.1, 0.15) is 24.2 Å². The number of nitrogens with zero attached hydrogens (tertiary/aromatic N) is 4. The van der Waals surface area contributed by atoms with Gasteiger partial charge < -0.3 is 24.7 Å². The molecule has 2 aromatic heterocycles. The summed E-state index contributed by atoms with van der Waals surface area (Å²) in [6.07, 6.45) is 4.78. The van der Waals surface area contributed by atoms with Gasteiger partial charge in [-0.25, -0.2) is 20.0 Å². The Morgan fingerprint density at radius 3 is 2.83 bits per heavy atom. The second kappa shape index (κ2) is 10.6. The molecule has 12 heteroatoms. The minimum atomic E-state index is -3.89. The molecule has 0 bridgehead atoms. The second-order valence-electron chi connectivity index (χ2n) is 6.86. The summed E-state index contributed by atoms with van der Waals surface area (Å²) < 4.78 is 24.6. The average Bonchev–Trinajstić information content (AvgIpc) is 3.07. The van der Waals surface area contributed by atoms with Crippen molar-refractivity contribution in [2.45, 2.75) is 58.7 Å². The fourth-order valence-electron chi connectivity index (χ4n) is 2.63. The third-order valence-corrected chi connectivity index (χ3v) is 5.45. The summed E-state index contributed by atoms with van der Waals surface area (Å²) in [5, 5.41) is 2.40. The van der Waals surface area contributed by atoms with Crippen LogP contribution in [-0.4, -0.2) is 55.5 Å². The number of aromatic nitrogens is 4. The predicted octanol–water partition coefficient (Wildman–Crippen LogP) is 1.67. The quantitative estimate of drug-likeness (QED) is 0.258. The van der Waals surface area contributed by atoms with Crippen LogP contribution < -0.4 is 10.8 Å². The van der Waals surface area contributed by atoms with E-state index in [1.54, 1.807) is 17.8 Å². The number of anilines is 1. The third-order valence-electron chi connectivity index (χ3n) is 4.16. The van der Waals surface area contributed by atoms with E-state index in [0.717, 1.165) is 19.3 Å². The fourth-order valence-corrected chi connectivity index (χ4v) is 3.87. The van der Waals surface area contributed by atoms with E-state index >= 15 is 0 Å². The highest BCUT2D eigenvalue weighted by Crippen LogP contribution is 2.36. The number of carbonyl (C=O) groups excluding carboxylic acids is 1. The van der Waals surface area contributed by atoms with Crippen molar-refractivity contribution in [3.63, 3.8) is 0 Å². The van der Waals surface area contributed by atoms with Gasteiger partial charge in [0.25, 0.3) is 7.52 Å². The second-order valence-corrected chi connectivity index (χ2v) is 8.78. The molecule has 0 amide bonds. The van der Waals surface area contributed by atoms with Crippen molar-refractivity contribution >= 4 is 30.5 Å². The van der Waals surface area contributed by atoms with Crippen LogP contribution in [0.15, 0.2) is 12.7 Å². The fraction of sp³-hybridized carbons (Fsp3) is 0.647. The Morgan fingerprint density at radius 1 is 1.34 bits per heavy atom. The Morgan fingerprint density at radius 2 is 2.10 bits per heavy atom. The van der Waals surface area contributed by atoms with E-state index in [-0.39, 0.29) is 5.82 Å². The number of ether oxygens (including phenoxy) is 2. The van der Waals surface area contributed by atoms with Crippen molar-refractivity contribution in [1.29, 1.82) is 0 Å². The maximum absolute atomic E-state index is 12.3. The number of hydrogen-bond donors (Lipinski definition) is 3. The Balaban J connectivity index is 1.81. The molecule has 0 aromatic carbocycles. The monoisotopic (exact) mass is 428 g/mol. The van der Waals surface area contributed by atoms with Crippen molar-refractivity contribution in [3.05, 3.63) is 12.7 Å². The predicted molar refractivity (Wildman–Crippen MR) is 108 cm³/mol. The van der Waals surface area contributed by atoms with Gasteiger partial charge in [-0.15, -0.1) is 0 Å². The number of nitrogens with two attached hydrogens (primary N) is 1. The molecular formula is C17H29N6O5P. The van der Waals surface area contributed by atoms with Gasteiger partial charge in [-0.3, -0.25) is 9.36 Å². The van der Waals surface area contributed by atoms with Crippen LogP contribution in [0.2, 0.25) is 0 Å². The third kappa shape index (κ3) is 7.04. The largest absolute Gasteiger partial charge is 0.465 e. The van der Waals surface area contributed by atoms with E-state index in [0.29, 0.717) is 24.3 Å². The number of fused-ring (bicyclic) bond motifs is 1. The van der Waals surface area contributed by atoms with Crippen LogP contribution in [0.25, 0.3) is 11.2 Å². The normalized spacial score (nSPS) is 15.7. The summed E-state index contributed by atoms with van der Waals surface area (Å²) in [7, 11) is -3.89. The van der Waals surface area contributed by atoms with Crippen LogP contribution in [0.5, 0.6) is 0 Å². The Kier molecular flexibility index (Phi) is 8.51. The zero-order chi connectivity index (χ0) is 21.4. The van der Waals surface area contributed by atoms with Gasteiger partial charge in [-0.2, -0.15) is 0 Å². The van der Waals surface area contributed by atoms with Crippen LogP contribution in [0.3, 0.4) is 0 Å². The maximum Gasteiger partial charge on any atom is 0.323 e. The lowest BCUT2D eigenvalue weighted by molar-refractivity contribution is -0.145. The maximum atomic E-state index is 12.3. The number of rotatable bonds is 12. The average molecular weight is 428 g/mol. The molecule has 0 saturated carbocycles. The lowest BCUT2D eigenvalue weighted by Gasteiger charge is -2.20. The summed E-state index contributed by atoms with van der Waals surface area (Å²) >= 11 is 0. The zero-order valence-corrected chi connectivity index (χ0v) is 17.8. The van der Waals surface area contributed by atoms with E-state index in [1.165, 1.54) is 13.3 Å². The number of unbranched alkanes of at least 4 members (excludes halogenated alkanes) is 2. The number of imidazole rings is 1. The topological polar surface area (TPSA) is 154 Å².